The van der Waals surface area contributed by atoms with Crippen LogP contribution in [-0.4, -0.2) is 0 Å². The fraction of sp³-hybridized carbons (Fsp3) is 0. The van der Waals surface area contributed by atoms with Gasteiger partial charge in [-0.15, -0.1) is 0 Å². The predicted molar refractivity (Wildman–Crippen MR) is 7.61 cm³/mol. The maximum Gasteiger partial charge on any atom is 1.00 e. The Balaban J connectivity index is -0.000000000762. The van der Waals surface area contributed by atoms with Crippen molar-refractivity contribution in [2.75, 3.05) is 0 Å². The van der Waals surface area contributed by atoms with Gasteiger partial charge >= 0.3 is 170 Å². The average Bonchev–Trinajstić information content (AvgIpc) is 0.722. The SMILES string of the molecule is O=P([O-])([O-])[O-].[F-].[F-].[F-].[F-].[F-].[F-].[Li+].[Li+].[Li+].[Li+].[Li+].[Li+].[Li+].[Li+].[Li+]. The molecule has 0 aromatic heterocycles. The fourth-order valence-electron chi connectivity index (χ4n) is 0. The van der Waals surface area contributed by atoms with Crippen LogP contribution in [0.15, 0.2) is 0 Å². The van der Waals surface area contributed by atoms with E-state index in [-0.39, 0.29) is 198 Å². The van der Waals surface area contributed by atoms with E-state index in [4.69, 9.17) is 19.2 Å². The van der Waals surface area contributed by atoms with Crippen molar-refractivity contribution in [3.8, 4) is 0 Å². The van der Waals surface area contributed by atoms with Gasteiger partial charge in [0.05, 0.1) is 0 Å². The van der Waals surface area contributed by atoms with Gasteiger partial charge in [0.2, 0.25) is 0 Å². The molecule has 0 aliphatic carbocycles. The second-order valence-corrected chi connectivity index (χ2v) is 1.34. The van der Waals surface area contributed by atoms with E-state index in [0.717, 1.165) is 0 Å². The Kier molecular flexibility index (Phi) is 923. The third-order valence-corrected chi connectivity index (χ3v) is 0. The van der Waals surface area contributed by atoms with Crippen LogP contribution in [0.5, 0.6) is 0 Å². The molecular weight excluding hydrogens is 271 g/mol. The van der Waals surface area contributed by atoms with Crippen LogP contribution < -0.4 is 213 Å². The Morgan fingerprint density at radius 1 is 0.400 bits per heavy atom. The summed E-state index contributed by atoms with van der Waals surface area (Å²) in [6, 6.07) is 0. The Morgan fingerprint density at radius 2 is 0.400 bits per heavy atom. The maximum atomic E-state index is 8.55. The Hall–Kier alpha value is 5.07. The zero-order chi connectivity index (χ0) is 4.50. The topological polar surface area (TPSA) is 86.2 Å². The number of hydrogen-bond acceptors (Lipinski definition) is 4. The zero-order valence-electron chi connectivity index (χ0n) is 13.3. The van der Waals surface area contributed by atoms with Crippen LogP contribution in [0.25, 0.3) is 0 Å². The van der Waals surface area contributed by atoms with E-state index in [0.29, 0.717) is 0 Å². The molecule has 0 rings (SSSR count). The first-order valence-electron chi connectivity index (χ1n) is 0.730. The molecule has 0 aliphatic heterocycles. The Labute approximate surface area is 221 Å². The summed E-state index contributed by atoms with van der Waals surface area (Å²) in [6.07, 6.45) is 0. The minimum Gasteiger partial charge on any atom is -1.00 e. The summed E-state index contributed by atoms with van der Waals surface area (Å²) >= 11 is 0. The second-order valence-electron chi connectivity index (χ2n) is 0.447. The molecule has 20 heavy (non-hydrogen) atoms. The first-order valence-corrected chi connectivity index (χ1v) is 2.19. The molecule has 4 nitrogen and oxygen atoms in total. The van der Waals surface area contributed by atoms with Crippen molar-refractivity contribution in [1.29, 1.82) is 0 Å². The van der Waals surface area contributed by atoms with Crippen molar-refractivity contribution in [2.24, 2.45) is 0 Å². The van der Waals surface area contributed by atoms with Gasteiger partial charge in [0.1, 0.15) is 0 Å². The normalized spacial score (nSPS) is 2.95. The molecule has 0 radical (unpaired) electrons. The van der Waals surface area contributed by atoms with E-state index < -0.39 is 7.82 Å². The zero-order valence-corrected chi connectivity index (χ0v) is 14.2. The van der Waals surface area contributed by atoms with Crippen molar-refractivity contribution < 1.29 is 217 Å². The maximum absolute atomic E-state index is 8.55. The van der Waals surface area contributed by atoms with Crippen LogP contribution in [0, 0.1) is 0 Å². The molecule has 0 spiro atoms. The Bertz CT molecular complexity index is 80.6. The summed E-state index contributed by atoms with van der Waals surface area (Å²) in [6.45, 7) is 0. The molecule has 0 bridgehead atoms. The summed E-state index contributed by atoms with van der Waals surface area (Å²) in [5.74, 6) is 0. The monoisotopic (exact) mass is 272 g/mol. The molecule has 0 saturated carbocycles. The minimum absolute atomic E-state index is 0. The van der Waals surface area contributed by atoms with Crippen molar-refractivity contribution in [1.82, 2.24) is 0 Å². The van der Waals surface area contributed by atoms with Gasteiger partial charge in [0, 0.05) is 0 Å². The van der Waals surface area contributed by atoms with Crippen molar-refractivity contribution in [2.45, 2.75) is 0 Å². The first kappa shape index (κ1) is 177. The molecule has 0 atom stereocenters. The van der Waals surface area contributed by atoms with Crippen LogP contribution in [0.4, 0.5) is 0 Å². The van der Waals surface area contributed by atoms with Gasteiger partial charge in [0.25, 0.3) is 0 Å². The molecule has 0 fully saturated rings. The van der Waals surface area contributed by atoms with Crippen LogP contribution in [0.3, 0.4) is 0 Å². The molecular formula is F6Li9O4P. The molecule has 0 unspecified atom stereocenters. The third kappa shape index (κ3) is 438. The molecule has 0 amide bonds. The first-order chi connectivity index (χ1) is 2.00. The summed E-state index contributed by atoms with van der Waals surface area (Å²) in [7, 11) is -5.39. The van der Waals surface area contributed by atoms with E-state index in [1.54, 1.807) is 0 Å². The standard InChI is InChI=1S/6FH.9Li.H3O4P/c;;;;;;;;;;;;;;;1-5(2,3)4/h6*1H;;;;;;;;;;(H3,1,2,3,4)/q;;;;;;9*+1;/p-9. The van der Waals surface area contributed by atoms with E-state index in [1.807, 2.05) is 0 Å². The molecule has 0 aliphatic rings. The van der Waals surface area contributed by atoms with Crippen LogP contribution in [0.1, 0.15) is 0 Å². The smallest absolute Gasteiger partial charge is 1.00 e. The summed E-state index contributed by atoms with van der Waals surface area (Å²) in [4.78, 5) is 25.6. The van der Waals surface area contributed by atoms with Gasteiger partial charge in [-0.1, -0.05) is 0 Å². The predicted octanol–water partition coefficient (Wildman–Crippen LogP) is -47.8. The van der Waals surface area contributed by atoms with Gasteiger partial charge in [-0.05, 0) is 0 Å². The van der Waals surface area contributed by atoms with Crippen LogP contribution >= 0.6 is 7.82 Å². The summed E-state index contributed by atoms with van der Waals surface area (Å²) in [5.41, 5.74) is 0. The minimum atomic E-state index is -5.39. The average molecular weight is 271 g/mol. The van der Waals surface area contributed by atoms with Crippen molar-refractivity contribution in [3.63, 3.8) is 0 Å². The van der Waals surface area contributed by atoms with Gasteiger partial charge < -0.3 is 47.5 Å². The molecule has 0 heterocycles. The molecule has 0 aromatic rings. The number of rotatable bonds is 0. The molecule has 0 aromatic carbocycles. The van der Waals surface area contributed by atoms with Gasteiger partial charge in [-0.3, -0.25) is 0 Å². The van der Waals surface area contributed by atoms with Crippen molar-refractivity contribution >= 4 is 7.82 Å². The third-order valence-electron chi connectivity index (χ3n) is 0. The van der Waals surface area contributed by atoms with Crippen LogP contribution in [0.2, 0.25) is 0 Å². The van der Waals surface area contributed by atoms with Gasteiger partial charge in [-0.25, -0.2) is 0 Å². The number of phosphoric acid groups is 1. The molecule has 20 heteroatoms. The summed E-state index contributed by atoms with van der Waals surface area (Å²) < 4.78 is 8.55. The van der Waals surface area contributed by atoms with E-state index in [2.05, 4.69) is 0 Å². The fourth-order valence-corrected chi connectivity index (χ4v) is 0. The largest absolute Gasteiger partial charge is 1.00 e. The second kappa shape index (κ2) is 105. The van der Waals surface area contributed by atoms with E-state index >= 15 is 0 Å². The van der Waals surface area contributed by atoms with E-state index in [9.17, 15) is 0 Å². The Morgan fingerprint density at radius 3 is 0.400 bits per heavy atom. The van der Waals surface area contributed by atoms with Gasteiger partial charge in [0.15, 0.2) is 0 Å². The number of hydrogen-bond donors (Lipinski definition) is 0. The quantitative estimate of drug-likeness (QED) is 0.249. The molecule has 80 valence electrons. The molecule has 0 N–H and O–H groups in total. The van der Waals surface area contributed by atoms with E-state index in [1.165, 1.54) is 0 Å². The molecule has 0 saturated heterocycles. The summed E-state index contributed by atoms with van der Waals surface area (Å²) in [5, 5.41) is 0. The van der Waals surface area contributed by atoms with Gasteiger partial charge in [-0.2, -0.15) is 7.82 Å². The number of halogens is 6. The van der Waals surface area contributed by atoms with Crippen LogP contribution in [-0.2, 0) is 4.57 Å². The van der Waals surface area contributed by atoms with Crippen molar-refractivity contribution in [3.05, 3.63) is 0 Å².